The molecule has 1 saturated heterocycles. The summed E-state index contributed by atoms with van der Waals surface area (Å²) in [7, 11) is 2.84. The maximum Gasteiger partial charge on any atom is 0.356 e. The lowest BCUT2D eigenvalue weighted by molar-refractivity contribution is -0.384. The summed E-state index contributed by atoms with van der Waals surface area (Å²) >= 11 is 0. The van der Waals surface area contributed by atoms with Crippen LogP contribution in [-0.2, 0) is 16.1 Å². The molecule has 11 heteroatoms. The summed E-state index contributed by atoms with van der Waals surface area (Å²) in [6.45, 7) is 3.83. The number of nitro benzene ring substituents is 1. The first-order valence-corrected chi connectivity index (χ1v) is 11.1. The molecule has 1 amide bonds. The molecule has 0 spiro atoms. The van der Waals surface area contributed by atoms with Crippen molar-refractivity contribution in [3.05, 3.63) is 63.8 Å². The Labute approximate surface area is 201 Å². The number of nitrogens with one attached hydrogen (secondary N) is 2. The van der Waals surface area contributed by atoms with Crippen molar-refractivity contribution >= 4 is 34.2 Å². The molecule has 0 atom stereocenters. The number of aromatic amines is 1. The molecule has 0 unspecified atom stereocenters. The van der Waals surface area contributed by atoms with Gasteiger partial charge in [0.1, 0.15) is 11.4 Å². The van der Waals surface area contributed by atoms with Gasteiger partial charge in [-0.05, 0) is 17.7 Å². The molecule has 4 rings (SSSR count). The molecule has 3 aromatic rings. The van der Waals surface area contributed by atoms with Gasteiger partial charge in [-0.15, -0.1) is 0 Å². The van der Waals surface area contributed by atoms with Gasteiger partial charge in [0, 0.05) is 56.3 Å². The molecule has 1 aliphatic rings. The van der Waals surface area contributed by atoms with Crippen LogP contribution >= 0.6 is 0 Å². The number of esters is 1. The van der Waals surface area contributed by atoms with E-state index in [0.717, 1.165) is 18.7 Å². The molecule has 0 radical (unpaired) electrons. The molecule has 184 valence electrons. The molecule has 0 aliphatic carbocycles. The fourth-order valence-electron chi connectivity index (χ4n) is 4.16. The van der Waals surface area contributed by atoms with Crippen LogP contribution in [0.4, 0.5) is 11.4 Å². The quantitative estimate of drug-likeness (QED) is 0.285. The fourth-order valence-corrected chi connectivity index (χ4v) is 4.16. The lowest BCUT2D eigenvalue weighted by Crippen LogP contribution is -2.48. The number of ether oxygens (including phenoxy) is 2. The molecule has 1 aliphatic heterocycles. The number of fused-ring (bicyclic) bond motifs is 1. The molecule has 2 aromatic carbocycles. The Morgan fingerprint density at radius 3 is 2.37 bits per heavy atom. The van der Waals surface area contributed by atoms with Gasteiger partial charge in [-0.1, -0.05) is 12.1 Å². The van der Waals surface area contributed by atoms with E-state index in [9.17, 15) is 19.7 Å². The second kappa shape index (κ2) is 10.5. The van der Waals surface area contributed by atoms with Crippen LogP contribution in [0.3, 0.4) is 0 Å². The van der Waals surface area contributed by atoms with Gasteiger partial charge in [-0.25, -0.2) is 4.79 Å². The number of nitrogens with zero attached hydrogens (tertiary/aromatic N) is 3. The highest BCUT2D eigenvalue weighted by Gasteiger charge is 2.23. The Balaban J connectivity index is 1.35. The first-order valence-electron chi connectivity index (χ1n) is 11.1. The van der Waals surface area contributed by atoms with Crippen molar-refractivity contribution in [1.82, 2.24) is 14.8 Å². The number of carbonyl (C=O) groups excluding carboxylic acids is 2. The SMILES string of the molecule is COC(=O)c1[nH]c2cc(OC)ccc2c1NC(=O)CN1CCN(Cc2ccc([N+](=O)[O-])cc2)CC1. The smallest absolute Gasteiger partial charge is 0.356 e. The first-order chi connectivity index (χ1) is 16.9. The molecular formula is C24H27N5O6. The largest absolute Gasteiger partial charge is 0.497 e. The summed E-state index contributed by atoms with van der Waals surface area (Å²) in [5, 5.41) is 14.4. The lowest BCUT2D eigenvalue weighted by atomic mass is 10.2. The summed E-state index contributed by atoms with van der Waals surface area (Å²) in [5.41, 5.74) is 2.30. The van der Waals surface area contributed by atoms with Gasteiger partial charge in [-0.3, -0.25) is 24.7 Å². The van der Waals surface area contributed by atoms with E-state index in [2.05, 4.69) is 20.1 Å². The fraction of sp³-hybridized carbons (Fsp3) is 0.333. The van der Waals surface area contributed by atoms with Crippen LogP contribution in [0.5, 0.6) is 5.75 Å². The maximum absolute atomic E-state index is 12.9. The molecule has 1 aromatic heterocycles. The van der Waals surface area contributed by atoms with Gasteiger partial charge in [-0.2, -0.15) is 0 Å². The average Bonchev–Trinajstić information content (AvgIpc) is 3.22. The lowest BCUT2D eigenvalue weighted by Gasteiger charge is -2.34. The number of benzene rings is 2. The van der Waals surface area contributed by atoms with Gasteiger partial charge in [0.05, 0.1) is 36.9 Å². The van der Waals surface area contributed by atoms with E-state index in [1.54, 1.807) is 37.4 Å². The van der Waals surface area contributed by atoms with E-state index in [4.69, 9.17) is 9.47 Å². The Morgan fingerprint density at radius 1 is 1.06 bits per heavy atom. The molecule has 11 nitrogen and oxygen atoms in total. The summed E-state index contributed by atoms with van der Waals surface area (Å²) in [4.78, 5) is 42.9. The molecule has 0 bridgehead atoms. The summed E-state index contributed by atoms with van der Waals surface area (Å²) < 4.78 is 10.1. The van der Waals surface area contributed by atoms with E-state index in [1.807, 2.05) is 0 Å². The zero-order chi connectivity index (χ0) is 24.9. The molecular weight excluding hydrogens is 454 g/mol. The van der Waals surface area contributed by atoms with Crippen LogP contribution in [0, 0.1) is 10.1 Å². The standard InChI is InChI=1S/C24H27N5O6/c1-34-18-7-8-19-20(13-18)25-23(24(31)35-2)22(19)26-21(30)15-28-11-9-27(10-12-28)14-16-3-5-17(6-4-16)29(32)33/h3-8,13,25H,9-12,14-15H2,1-2H3,(H,26,30). The Bertz CT molecular complexity index is 1230. The number of carbonyl (C=O) groups is 2. The molecule has 2 heterocycles. The number of aromatic nitrogens is 1. The predicted octanol–water partition coefficient (Wildman–Crippen LogP) is 2.63. The van der Waals surface area contributed by atoms with Crippen molar-refractivity contribution in [2.45, 2.75) is 6.54 Å². The topological polar surface area (TPSA) is 130 Å². The van der Waals surface area contributed by atoms with Crippen LogP contribution in [0.1, 0.15) is 16.1 Å². The molecule has 1 fully saturated rings. The van der Waals surface area contributed by atoms with Crippen molar-refractivity contribution < 1.29 is 24.0 Å². The second-order valence-corrected chi connectivity index (χ2v) is 8.30. The Hall–Kier alpha value is -3.96. The third-order valence-corrected chi connectivity index (χ3v) is 6.05. The number of piperazine rings is 1. The van der Waals surface area contributed by atoms with Gasteiger partial charge < -0.3 is 19.8 Å². The summed E-state index contributed by atoms with van der Waals surface area (Å²) in [6, 6.07) is 11.9. The van der Waals surface area contributed by atoms with Crippen LogP contribution in [0.15, 0.2) is 42.5 Å². The number of hydrogen-bond acceptors (Lipinski definition) is 8. The highest BCUT2D eigenvalue weighted by Crippen LogP contribution is 2.31. The van der Waals surface area contributed by atoms with E-state index in [-0.39, 0.29) is 23.8 Å². The predicted molar refractivity (Wildman–Crippen MR) is 130 cm³/mol. The monoisotopic (exact) mass is 481 g/mol. The van der Waals surface area contributed by atoms with Crippen LogP contribution in [-0.4, -0.2) is 78.5 Å². The second-order valence-electron chi connectivity index (χ2n) is 8.30. The van der Waals surface area contributed by atoms with Crippen LogP contribution in [0.25, 0.3) is 10.9 Å². The molecule has 35 heavy (non-hydrogen) atoms. The van der Waals surface area contributed by atoms with Crippen molar-refractivity contribution in [2.75, 3.05) is 52.3 Å². The number of anilines is 1. The van der Waals surface area contributed by atoms with Crippen molar-refractivity contribution in [1.29, 1.82) is 0 Å². The van der Waals surface area contributed by atoms with E-state index in [0.29, 0.717) is 42.0 Å². The number of rotatable bonds is 8. The molecule has 0 saturated carbocycles. The highest BCUT2D eigenvalue weighted by atomic mass is 16.6. The highest BCUT2D eigenvalue weighted by molar-refractivity contribution is 6.11. The first kappa shape index (κ1) is 24.2. The number of non-ortho nitro benzene ring substituents is 1. The number of nitro groups is 1. The average molecular weight is 482 g/mol. The van der Waals surface area contributed by atoms with E-state index < -0.39 is 10.9 Å². The van der Waals surface area contributed by atoms with Crippen molar-refractivity contribution in [3.8, 4) is 5.75 Å². The number of amides is 1. The third-order valence-electron chi connectivity index (χ3n) is 6.05. The van der Waals surface area contributed by atoms with Crippen molar-refractivity contribution in [3.63, 3.8) is 0 Å². The summed E-state index contributed by atoms with van der Waals surface area (Å²) in [6.07, 6.45) is 0. The minimum atomic E-state index is -0.574. The Morgan fingerprint density at radius 2 is 1.74 bits per heavy atom. The van der Waals surface area contributed by atoms with Gasteiger partial charge >= 0.3 is 5.97 Å². The summed E-state index contributed by atoms with van der Waals surface area (Å²) in [5.74, 6) is -0.175. The van der Waals surface area contributed by atoms with Gasteiger partial charge in [0.2, 0.25) is 5.91 Å². The zero-order valence-electron chi connectivity index (χ0n) is 19.6. The number of H-pyrrole nitrogens is 1. The zero-order valence-corrected chi connectivity index (χ0v) is 19.6. The third kappa shape index (κ3) is 5.58. The van der Waals surface area contributed by atoms with E-state index in [1.165, 1.54) is 19.2 Å². The van der Waals surface area contributed by atoms with Crippen LogP contribution in [0.2, 0.25) is 0 Å². The number of methoxy groups -OCH3 is 2. The van der Waals surface area contributed by atoms with Crippen molar-refractivity contribution in [2.24, 2.45) is 0 Å². The minimum Gasteiger partial charge on any atom is -0.497 e. The maximum atomic E-state index is 12.9. The van der Waals surface area contributed by atoms with E-state index >= 15 is 0 Å². The molecule has 2 N–H and O–H groups in total. The Kier molecular flexibility index (Phi) is 7.28. The number of hydrogen-bond donors (Lipinski definition) is 2. The minimum absolute atomic E-state index is 0.0780. The van der Waals surface area contributed by atoms with Gasteiger partial charge in [0.25, 0.3) is 5.69 Å². The van der Waals surface area contributed by atoms with Crippen LogP contribution < -0.4 is 10.1 Å². The van der Waals surface area contributed by atoms with Gasteiger partial charge in [0.15, 0.2) is 0 Å². The normalized spacial score (nSPS) is 14.6.